The van der Waals surface area contributed by atoms with E-state index in [1.807, 2.05) is 60.7 Å². The normalized spacial score (nSPS) is 25.2. The molecule has 4 aliphatic rings. The van der Waals surface area contributed by atoms with E-state index in [4.69, 9.17) is 18.9 Å². The van der Waals surface area contributed by atoms with Gasteiger partial charge in [0, 0.05) is 17.8 Å². The predicted molar refractivity (Wildman–Crippen MR) is 178 cm³/mol. The van der Waals surface area contributed by atoms with Gasteiger partial charge < -0.3 is 29.0 Å². The molecule has 0 amide bonds. The Balaban J connectivity index is 1.06. The minimum atomic E-state index is -1.08. The fraction of sp³-hybridized carbons (Fsp3) is 0.308. The van der Waals surface area contributed by atoms with Crippen LogP contribution in [0.2, 0.25) is 0 Å². The number of carbonyl (C=O) groups is 1. The maximum atomic E-state index is 12.3. The second kappa shape index (κ2) is 13.5. The number of fused-ring (bicyclic) bond motifs is 2. The molecule has 0 spiro atoms. The van der Waals surface area contributed by atoms with E-state index in [9.17, 15) is 9.90 Å². The molecule has 0 saturated carbocycles. The molecule has 2 heterocycles. The van der Waals surface area contributed by atoms with E-state index < -0.39 is 12.1 Å². The van der Waals surface area contributed by atoms with Gasteiger partial charge in [0.2, 0.25) is 6.10 Å². The molecule has 2 N–H and O–H groups in total. The Hall–Kier alpha value is -4.79. The minimum absolute atomic E-state index is 0.00220. The number of carboxylic acid groups (broad SMARTS) is 1. The first-order chi connectivity index (χ1) is 23.0. The van der Waals surface area contributed by atoms with Crippen LogP contribution in [-0.2, 0) is 20.8 Å². The second-order valence-corrected chi connectivity index (χ2v) is 12.3. The average Bonchev–Trinajstić information content (AvgIpc) is 3.64. The molecule has 7 rings (SSSR count). The number of carboxylic acids is 1. The zero-order chi connectivity index (χ0) is 32.3. The molecule has 242 valence electrons. The van der Waals surface area contributed by atoms with Gasteiger partial charge in [-0.05, 0) is 60.8 Å². The van der Waals surface area contributed by atoms with Gasteiger partial charge in [0.15, 0.2) is 11.5 Å². The van der Waals surface area contributed by atoms with Crippen molar-refractivity contribution in [3.05, 3.63) is 143 Å². The summed E-state index contributed by atoms with van der Waals surface area (Å²) in [5.41, 5.74) is 5.26. The Kier molecular flexibility index (Phi) is 8.87. The number of nitrogens with one attached hydrogen (secondary N) is 1. The molecule has 8 heteroatoms. The third-order valence-corrected chi connectivity index (χ3v) is 9.41. The van der Waals surface area contributed by atoms with Crippen LogP contribution in [0.4, 0.5) is 0 Å². The van der Waals surface area contributed by atoms with Gasteiger partial charge in [-0.2, -0.15) is 0 Å². The summed E-state index contributed by atoms with van der Waals surface area (Å²) in [5.74, 6) is 0.980. The highest BCUT2D eigenvalue weighted by Gasteiger charge is 2.44. The van der Waals surface area contributed by atoms with Crippen molar-refractivity contribution in [1.82, 2.24) is 10.2 Å². The number of ether oxygens (including phenoxy) is 4. The minimum Gasteiger partial charge on any atom is -0.493 e. The zero-order valence-electron chi connectivity index (χ0n) is 26.6. The van der Waals surface area contributed by atoms with Gasteiger partial charge in [-0.25, -0.2) is 4.79 Å². The summed E-state index contributed by atoms with van der Waals surface area (Å²) in [7, 11) is 1.66. The highest BCUT2D eigenvalue weighted by Crippen LogP contribution is 2.47. The van der Waals surface area contributed by atoms with Gasteiger partial charge in [0.25, 0.3) is 0 Å². The monoisotopic (exact) mass is 632 g/mol. The summed E-state index contributed by atoms with van der Waals surface area (Å²) >= 11 is 0. The van der Waals surface area contributed by atoms with E-state index in [0.717, 1.165) is 24.0 Å². The first-order valence-electron chi connectivity index (χ1n) is 16.3. The van der Waals surface area contributed by atoms with Crippen LogP contribution in [0.1, 0.15) is 48.8 Å². The van der Waals surface area contributed by atoms with Crippen molar-refractivity contribution in [3.8, 4) is 11.5 Å². The largest absolute Gasteiger partial charge is 0.493 e. The molecule has 0 bridgehead atoms. The van der Waals surface area contributed by atoms with Crippen LogP contribution in [0.15, 0.2) is 126 Å². The molecule has 6 unspecified atom stereocenters. The SMILES string of the molecule is COc1cc(CN2C3=C(CCC=C3)C3C(OC(C(=O)O)c4ccccc4)=CC=CC32)ccc1OCC1NC(c2ccccc2)OC1C. The maximum Gasteiger partial charge on any atom is 0.349 e. The topological polar surface area (TPSA) is 89.5 Å². The van der Waals surface area contributed by atoms with Crippen LogP contribution in [0, 0.1) is 5.92 Å². The molecule has 1 fully saturated rings. The summed E-state index contributed by atoms with van der Waals surface area (Å²) in [4.78, 5) is 14.7. The van der Waals surface area contributed by atoms with Gasteiger partial charge in [0.05, 0.1) is 31.2 Å². The molecule has 1 saturated heterocycles. The Morgan fingerprint density at radius 1 is 1.06 bits per heavy atom. The quantitative estimate of drug-likeness (QED) is 0.237. The summed E-state index contributed by atoms with van der Waals surface area (Å²) < 4.78 is 24.6. The van der Waals surface area contributed by atoms with Crippen LogP contribution in [-0.4, -0.2) is 47.9 Å². The van der Waals surface area contributed by atoms with Crippen molar-refractivity contribution in [1.29, 1.82) is 0 Å². The molecule has 6 atom stereocenters. The van der Waals surface area contributed by atoms with Crippen LogP contribution in [0.3, 0.4) is 0 Å². The van der Waals surface area contributed by atoms with Crippen molar-refractivity contribution < 1.29 is 28.8 Å². The molecular weight excluding hydrogens is 592 g/mol. The Labute approximate surface area is 275 Å². The number of allylic oxidation sites excluding steroid dienone is 4. The summed E-state index contributed by atoms with van der Waals surface area (Å²) in [6, 6.07) is 25.4. The Morgan fingerprint density at radius 2 is 1.85 bits per heavy atom. The molecule has 0 radical (unpaired) electrons. The molecule has 2 aliphatic heterocycles. The Bertz CT molecular complexity index is 1720. The highest BCUT2D eigenvalue weighted by molar-refractivity contribution is 5.74. The van der Waals surface area contributed by atoms with Gasteiger partial charge in [0.1, 0.15) is 18.6 Å². The maximum absolute atomic E-state index is 12.3. The average molecular weight is 633 g/mol. The molecule has 3 aromatic carbocycles. The molecule has 2 aliphatic carbocycles. The first kappa shape index (κ1) is 30.8. The number of hydrogen-bond donors (Lipinski definition) is 2. The lowest BCUT2D eigenvalue weighted by Crippen LogP contribution is -2.35. The van der Waals surface area contributed by atoms with Crippen LogP contribution in [0.5, 0.6) is 11.5 Å². The van der Waals surface area contributed by atoms with Crippen molar-refractivity contribution in [3.63, 3.8) is 0 Å². The van der Waals surface area contributed by atoms with Gasteiger partial charge in [-0.3, -0.25) is 5.32 Å². The highest BCUT2D eigenvalue weighted by atomic mass is 16.5. The van der Waals surface area contributed by atoms with E-state index in [2.05, 4.69) is 53.6 Å². The van der Waals surface area contributed by atoms with Gasteiger partial charge in [-0.1, -0.05) is 85.0 Å². The van der Waals surface area contributed by atoms with Crippen molar-refractivity contribution >= 4 is 5.97 Å². The fourth-order valence-corrected chi connectivity index (χ4v) is 7.03. The summed E-state index contributed by atoms with van der Waals surface area (Å²) in [6.07, 6.45) is 11.1. The second-order valence-electron chi connectivity index (χ2n) is 12.3. The number of hydrogen-bond acceptors (Lipinski definition) is 7. The van der Waals surface area contributed by atoms with Crippen LogP contribution < -0.4 is 14.8 Å². The first-order valence-corrected chi connectivity index (χ1v) is 16.3. The number of benzene rings is 3. The summed E-state index contributed by atoms with van der Waals surface area (Å²) in [5, 5.41) is 13.6. The standard InChI is InChI=1S/C39H40N2O6/c1-25-30(40-38(46-25)28-14-7-4-8-15-28)24-45-33-21-20-26(22-35(33)44-2)23-41-31-17-10-9-16-29(31)36-32(41)18-11-19-34(36)47-37(39(42)43)27-12-5-3-6-13-27/h3-8,10-15,17-22,25,30,32,36-38,40H,9,16,23-24H2,1-2H3,(H,42,43). The lowest BCUT2D eigenvalue weighted by atomic mass is 9.85. The van der Waals surface area contributed by atoms with Gasteiger partial charge in [-0.15, -0.1) is 0 Å². The summed E-state index contributed by atoms with van der Waals surface area (Å²) in [6.45, 7) is 3.15. The van der Waals surface area contributed by atoms with Crippen LogP contribution in [0.25, 0.3) is 0 Å². The number of nitrogens with zero attached hydrogens (tertiary/aromatic N) is 1. The van der Waals surface area contributed by atoms with Crippen LogP contribution >= 0.6 is 0 Å². The molecule has 0 aromatic heterocycles. The number of aliphatic carboxylic acids is 1. The molecule has 3 aromatic rings. The number of rotatable bonds is 11. The third kappa shape index (κ3) is 6.31. The molecular formula is C39H40N2O6. The van der Waals surface area contributed by atoms with E-state index in [-0.39, 0.29) is 30.3 Å². The number of methoxy groups -OCH3 is 1. The lowest BCUT2D eigenvalue weighted by Gasteiger charge is -2.33. The fourth-order valence-electron chi connectivity index (χ4n) is 7.03. The van der Waals surface area contributed by atoms with E-state index in [1.165, 1.54) is 11.3 Å². The third-order valence-electron chi connectivity index (χ3n) is 9.41. The van der Waals surface area contributed by atoms with E-state index in [0.29, 0.717) is 36.0 Å². The lowest BCUT2D eigenvalue weighted by molar-refractivity contribution is -0.148. The van der Waals surface area contributed by atoms with Crippen molar-refractivity contribution in [2.24, 2.45) is 5.92 Å². The van der Waals surface area contributed by atoms with Crippen molar-refractivity contribution in [2.75, 3.05) is 13.7 Å². The zero-order valence-corrected chi connectivity index (χ0v) is 26.6. The molecule has 8 nitrogen and oxygen atoms in total. The van der Waals surface area contributed by atoms with E-state index >= 15 is 0 Å². The smallest absolute Gasteiger partial charge is 0.349 e. The van der Waals surface area contributed by atoms with E-state index in [1.54, 1.807) is 19.2 Å². The predicted octanol–water partition coefficient (Wildman–Crippen LogP) is 6.85. The molecule has 47 heavy (non-hydrogen) atoms. The Morgan fingerprint density at radius 3 is 2.62 bits per heavy atom. The van der Waals surface area contributed by atoms with Crippen molar-refractivity contribution in [2.45, 2.75) is 56.8 Å². The van der Waals surface area contributed by atoms with Gasteiger partial charge >= 0.3 is 5.97 Å².